The number of benzene rings is 2. The van der Waals surface area contributed by atoms with Gasteiger partial charge in [0.15, 0.2) is 0 Å². The first-order chi connectivity index (χ1) is 12.5. The molecule has 5 heteroatoms. The third-order valence-corrected chi connectivity index (χ3v) is 5.87. The van der Waals surface area contributed by atoms with Crippen LogP contribution in [-0.4, -0.2) is 23.9 Å². The van der Waals surface area contributed by atoms with Gasteiger partial charge in [-0.1, -0.05) is 54.1 Å². The van der Waals surface area contributed by atoms with E-state index in [1.165, 1.54) is 0 Å². The van der Waals surface area contributed by atoms with Crippen LogP contribution in [0.2, 0.25) is 5.02 Å². The maximum Gasteiger partial charge on any atom is 0.327 e. The highest BCUT2D eigenvalue weighted by molar-refractivity contribution is 6.30. The molecule has 1 N–H and O–H groups in total. The van der Waals surface area contributed by atoms with Crippen molar-refractivity contribution >= 4 is 23.4 Å². The quantitative estimate of drug-likeness (QED) is 0.839. The van der Waals surface area contributed by atoms with E-state index in [1.807, 2.05) is 54.6 Å². The summed E-state index contributed by atoms with van der Waals surface area (Å²) in [5, 5.41) is 4.13. The molecule has 2 aliphatic heterocycles. The molecule has 0 radical (unpaired) electrons. The average Bonchev–Trinajstić information content (AvgIpc) is 3.18. The second-order valence-corrected chi connectivity index (χ2v) is 7.49. The van der Waals surface area contributed by atoms with Gasteiger partial charge in [0.1, 0.15) is 11.3 Å². The molecule has 0 saturated carbocycles. The van der Waals surface area contributed by atoms with Gasteiger partial charge < -0.3 is 4.74 Å². The largest absolute Gasteiger partial charge is 0.464 e. The summed E-state index contributed by atoms with van der Waals surface area (Å²) in [6.07, 6.45) is 0.555. The molecule has 4 nitrogen and oxygen atoms in total. The summed E-state index contributed by atoms with van der Waals surface area (Å²) < 4.78 is 5.34. The van der Waals surface area contributed by atoms with Crippen molar-refractivity contribution in [3.63, 3.8) is 0 Å². The van der Waals surface area contributed by atoms with Crippen LogP contribution in [0.4, 0.5) is 0 Å². The van der Waals surface area contributed by atoms with E-state index in [4.69, 9.17) is 16.3 Å². The number of rotatable bonds is 3. The molecule has 0 amide bonds. The maximum atomic E-state index is 12.8. The number of halogens is 1. The van der Waals surface area contributed by atoms with Crippen molar-refractivity contribution in [2.24, 2.45) is 5.92 Å². The topological polar surface area (TPSA) is 55.4 Å². The molecular formula is C21H20ClNO3. The fourth-order valence-corrected chi connectivity index (χ4v) is 4.61. The number of carbonyl (C=O) groups excluding carboxylic acids is 2. The summed E-state index contributed by atoms with van der Waals surface area (Å²) in [5.41, 5.74) is 1.06. The molecule has 0 aromatic heterocycles. The number of hydrogen-bond acceptors (Lipinski definition) is 4. The summed E-state index contributed by atoms with van der Waals surface area (Å²) in [5.74, 6) is -0.835. The fraction of sp³-hybridized carbons (Fsp3) is 0.333. The number of ether oxygens (including phenoxy) is 1. The molecule has 4 atom stereocenters. The van der Waals surface area contributed by atoms with Gasteiger partial charge in [0.25, 0.3) is 0 Å². The van der Waals surface area contributed by atoms with Gasteiger partial charge in [-0.05, 0) is 30.2 Å². The van der Waals surface area contributed by atoms with Gasteiger partial charge in [-0.3, -0.25) is 14.9 Å². The molecule has 4 rings (SSSR count). The number of Topliss-reactive ketones (excluding diaryl/α,β-unsaturated/α-hetero) is 1. The zero-order valence-corrected chi connectivity index (χ0v) is 15.2. The Hall–Kier alpha value is -2.17. The summed E-state index contributed by atoms with van der Waals surface area (Å²) in [6.45, 7) is 1.97. The lowest BCUT2D eigenvalue weighted by atomic mass is 9.72. The number of cyclic esters (lactones) is 1. The van der Waals surface area contributed by atoms with E-state index in [9.17, 15) is 9.59 Å². The Balaban J connectivity index is 1.86. The van der Waals surface area contributed by atoms with Crippen molar-refractivity contribution in [2.45, 2.75) is 30.8 Å². The second-order valence-electron chi connectivity index (χ2n) is 7.06. The van der Waals surface area contributed by atoms with Crippen LogP contribution < -0.4 is 5.32 Å². The Morgan fingerprint density at radius 2 is 1.81 bits per heavy atom. The molecule has 134 valence electrons. The Labute approximate surface area is 157 Å². The smallest absolute Gasteiger partial charge is 0.327 e. The van der Waals surface area contributed by atoms with E-state index in [1.54, 1.807) is 6.92 Å². The standard InChI is InChI=1S/C21H20ClNO3/c1-13(24)17-18(14-5-3-2-4-6-14)21(11-12-26-20(21)25)23-19(17)15-7-9-16(22)10-8-15/h2-10,17-19,23H,11-12H2,1H3/t17-,18-,19-,21-/m0/s1. The molecule has 0 aliphatic carbocycles. The van der Waals surface area contributed by atoms with Crippen molar-refractivity contribution in [3.8, 4) is 0 Å². The molecule has 2 aliphatic rings. The van der Waals surface area contributed by atoms with E-state index in [0.717, 1.165) is 11.1 Å². The molecule has 1 spiro atoms. The lowest BCUT2D eigenvalue weighted by molar-refractivity contribution is -0.143. The minimum atomic E-state index is -0.873. The van der Waals surface area contributed by atoms with E-state index in [2.05, 4.69) is 5.32 Å². The molecule has 2 fully saturated rings. The van der Waals surface area contributed by atoms with E-state index in [0.29, 0.717) is 18.1 Å². The van der Waals surface area contributed by atoms with Crippen molar-refractivity contribution < 1.29 is 14.3 Å². The lowest BCUT2D eigenvalue weighted by Gasteiger charge is -2.29. The number of ketones is 1. The third-order valence-electron chi connectivity index (χ3n) is 5.61. The van der Waals surface area contributed by atoms with E-state index < -0.39 is 5.54 Å². The molecule has 2 heterocycles. The van der Waals surface area contributed by atoms with Gasteiger partial charge in [-0.2, -0.15) is 0 Å². The predicted molar refractivity (Wildman–Crippen MR) is 99.0 cm³/mol. The average molecular weight is 370 g/mol. The van der Waals surface area contributed by atoms with Crippen LogP contribution in [0.1, 0.15) is 36.4 Å². The van der Waals surface area contributed by atoms with Gasteiger partial charge in [0.05, 0.1) is 6.61 Å². The van der Waals surface area contributed by atoms with Crippen molar-refractivity contribution in [1.82, 2.24) is 5.32 Å². The normalized spacial score (nSPS) is 30.5. The molecular weight excluding hydrogens is 350 g/mol. The highest BCUT2D eigenvalue weighted by Crippen LogP contribution is 2.52. The van der Waals surface area contributed by atoms with Crippen LogP contribution in [0, 0.1) is 5.92 Å². The zero-order chi connectivity index (χ0) is 18.3. The Morgan fingerprint density at radius 3 is 2.38 bits per heavy atom. The molecule has 2 aromatic carbocycles. The molecule has 0 unspecified atom stereocenters. The molecule has 26 heavy (non-hydrogen) atoms. The van der Waals surface area contributed by atoms with Crippen LogP contribution in [0.3, 0.4) is 0 Å². The minimum Gasteiger partial charge on any atom is -0.464 e. The lowest BCUT2D eigenvalue weighted by Crippen LogP contribution is -2.48. The summed E-state index contributed by atoms with van der Waals surface area (Å²) in [4.78, 5) is 25.5. The molecule has 2 saturated heterocycles. The van der Waals surface area contributed by atoms with Gasteiger partial charge >= 0.3 is 5.97 Å². The van der Waals surface area contributed by atoms with E-state index >= 15 is 0 Å². The Kier molecular flexibility index (Phi) is 4.33. The van der Waals surface area contributed by atoms with E-state index in [-0.39, 0.29) is 29.6 Å². The van der Waals surface area contributed by atoms with Crippen LogP contribution in [0.25, 0.3) is 0 Å². The summed E-state index contributed by atoms with van der Waals surface area (Å²) in [7, 11) is 0. The number of nitrogens with one attached hydrogen (secondary N) is 1. The highest BCUT2D eigenvalue weighted by atomic mass is 35.5. The SMILES string of the molecule is CC(=O)[C@@H]1[C@H](c2ccc(Cl)cc2)N[C@@]2(CCOC2=O)[C@H]1c1ccccc1. The second kappa shape index (κ2) is 6.53. The summed E-state index contributed by atoms with van der Waals surface area (Å²) in [6, 6.07) is 17.0. The number of esters is 1. The van der Waals surface area contributed by atoms with Crippen LogP contribution in [-0.2, 0) is 14.3 Å². The highest BCUT2D eigenvalue weighted by Gasteiger charge is 2.62. The van der Waals surface area contributed by atoms with Gasteiger partial charge in [0, 0.05) is 29.3 Å². The fourth-order valence-electron chi connectivity index (χ4n) is 4.49. The van der Waals surface area contributed by atoms with Crippen LogP contribution >= 0.6 is 11.6 Å². The first-order valence-electron chi connectivity index (χ1n) is 8.79. The van der Waals surface area contributed by atoms with Gasteiger partial charge in [0.2, 0.25) is 0 Å². The molecule has 0 bridgehead atoms. The minimum absolute atomic E-state index is 0.0582. The predicted octanol–water partition coefficient (Wildman–Crippen LogP) is 3.66. The third kappa shape index (κ3) is 2.65. The maximum absolute atomic E-state index is 12.8. The van der Waals surface area contributed by atoms with Crippen molar-refractivity contribution in [2.75, 3.05) is 6.61 Å². The Morgan fingerprint density at radius 1 is 1.12 bits per heavy atom. The zero-order valence-electron chi connectivity index (χ0n) is 14.4. The van der Waals surface area contributed by atoms with Gasteiger partial charge in [-0.15, -0.1) is 0 Å². The van der Waals surface area contributed by atoms with Gasteiger partial charge in [-0.25, -0.2) is 0 Å². The summed E-state index contributed by atoms with van der Waals surface area (Å²) >= 11 is 6.02. The van der Waals surface area contributed by atoms with Crippen LogP contribution in [0.15, 0.2) is 54.6 Å². The number of carbonyl (C=O) groups is 2. The number of hydrogen-bond donors (Lipinski definition) is 1. The van der Waals surface area contributed by atoms with Crippen LogP contribution in [0.5, 0.6) is 0 Å². The Bertz CT molecular complexity index is 836. The first-order valence-corrected chi connectivity index (χ1v) is 9.16. The van der Waals surface area contributed by atoms with Crippen molar-refractivity contribution in [3.05, 3.63) is 70.7 Å². The van der Waals surface area contributed by atoms with Crippen molar-refractivity contribution in [1.29, 1.82) is 0 Å². The monoisotopic (exact) mass is 369 g/mol. The molecule has 2 aromatic rings. The first kappa shape index (κ1) is 17.3.